The molecule has 3 aromatic rings. The maximum absolute atomic E-state index is 12.6. The van der Waals surface area contributed by atoms with Crippen molar-refractivity contribution in [2.45, 2.75) is 6.92 Å². The SMILES string of the molecule is COc1cc(NC(=O)c2cccc([N+](=O)[O-])c2C)ccc1NC(=O)c1cccs1. The van der Waals surface area contributed by atoms with E-state index in [9.17, 15) is 19.7 Å². The van der Waals surface area contributed by atoms with Crippen molar-refractivity contribution < 1.29 is 19.2 Å². The van der Waals surface area contributed by atoms with Crippen LogP contribution in [0.3, 0.4) is 0 Å². The van der Waals surface area contributed by atoms with Gasteiger partial charge in [-0.2, -0.15) is 0 Å². The molecule has 1 heterocycles. The van der Waals surface area contributed by atoms with Crippen molar-refractivity contribution in [3.05, 3.63) is 80.0 Å². The number of thiophene rings is 1. The Morgan fingerprint density at radius 3 is 2.52 bits per heavy atom. The molecule has 0 fully saturated rings. The van der Waals surface area contributed by atoms with Gasteiger partial charge in [-0.15, -0.1) is 11.3 Å². The number of ether oxygens (including phenoxy) is 1. The zero-order valence-corrected chi connectivity index (χ0v) is 16.4. The van der Waals surface area contributed by atoms with E-state index in [2.05, 4.69) is 10.6 Å². The lowest BCUT2D eigenvalue weighted by Gasteiger charge is -2.13. The topological polar surface area (TPSA) is 111 Å². The number of rotatable bonds is 6. The van der Waals surface area contributed by atoms with Gasteiger partial charge in [-0.05, 0) is 36.6 Å². The van der Waals surface area contributed by atoms with Crippen LogP contribution in [0.2, 0.25) is 0 Å². The van der Waals surface area contributed by atoms with Crippen molar-refractivity contribution in [3.8, 4) is 5.75 Å². The van der Waals surface area contributed by atoms with Gasteiger partial charge < -0.3 is 15.4 Å². The molecular weight excluding hydrogens is 394 g/mol. The molecule has 2 aromatic carbocycles. The van der Waals surface area contributed by atoms with E-state index in [-0.39, 0.29) is 22.7 Å². The van der Waals surface area contributed by atoms with E-state index in [1.807, 2.05) is 0 Å². The maximum atomic E-state index is 12.6. The third kappa shape index (κ3) is 4.41. The monoisotopic (exact) mass is 411 g/mol. The maximum Gasteiger partial charge on any atom is 0.273 e. The number of benzene rings is 2. The van der Waals surface area contributed by atoms with Gasteiger partial charge in [0.1, 0.15) is 5.75 Å². The van der Waals surface area contributed by atoms with Crippen LogP contribution in [-0.4, -0.2) is 23.8 Å². The molecule has 0 saturated carbocycles. The van der Waals surface area contributed by atoms with Gasteiger partial charge in [-0.3, -0.25) is 19.7 Å². The van der Waals surface area contributed by atoms with Crippen molar-refractivity contribution in [2.24, 2.45) is 0 Å². The van der Waals surface area contributed by atoms with Gasteiger partial charge in [0.15, 0.2) is 0 Å². The van der Waals surface area contributed by atoms with Crippen LogP contribution in [0.25, 0.3) is 0 Å². The number of nitrogens with one attached hydrogen (secondary N) is 2. The molecule has 148 valence electrons. The Hall–Kier alpha value is -3.72. The van der Waals surface area contributed by atoms with Gasteiger partial charge in [-0.25, -0.2) is 0 Å². The first-order chi connectivity index (χ1) is 13.9. The number of nitro groups is 1. The summed E-state index contributed by atoms with van der Waals surface area (Å²) in [6.45, 7) is 1.52. The number of carbonyl (C=O) groups is 2. The van der Waals surface area contributed by atoms with Crippen molar-refractivity contribution in [2.75, 3.05) is 17.7 Å². The minimum Gasteiger partial charge on any atom is -0.494 e. The zero-order valence-electron chi connectivity index (χ0n) is 15.6. The predicted octanol–water partition coefficient (Wildman–Crippen LogP) is 4.48. The van der Waals surface area contributed by atoms with Crippen molar-refractivity contribution in [1.29, 1.82) is 0 Å². The fourth-order valence-corrected chi connectivity index (χ4v) is 3.35. The molecule has 2 amide bonds. The van der Waals surface area contributed by atoms with E-state index in [0.717, 1.165) is 0 Å². The first kappa shape index (κ1) is 20.0. The second-order valence-corrected chi connectivity index (χ2v) is 6.96. The van der Waals surface area contributed by atoms with Gasteiger partial charge in [0.05, 0.1) is 22.6 Å². The minimum atomic E-state index is -0.528. The first-order valence-electron chi connectivity index (χ1n) is 8.49. The summed E-state index contributed by atoms with van der Waals surface area (Å²) in [5, 5.41) is 18.3. The van der Waals surface area contributed by atoms with E-state index in [1.54, 1.807) is 35.7 Å². The van der Waals surface area contributed by atoms with Crippen molar-refractivity contribution in [1.82, 2.24) is 0 Å². The summed E-state index contributed by atoms with van der Waals surface area (Å²) in [6.07, 6.45) is 0. The molecule has 9 heteroatoms. The first-order valence-corrected chi connectivity index (χ1v) is 9.37. The largest absolute Gasteiger partial charge is 0.494 e. The summed E-state index contributed by atoms with van der Waals surface area (Å²) in [4.78, 5) is 35.9. The number of carbonyl (C=O) groups excluding carboxylic acids is 2. The fourth-order valence-electron chi connectivity index (χ4n) is 2.73. The van der Waals surface area contributed by atoms with Crippen LogP contribution in [0.5, 0.6) is 5.75 Å². The molecule has 0 bridgehead atoms. The molecule has 0 radical (unpaired) electrons. The highest BCUT2D eigenvalue weighted by atomic mass is 32.1. The lowest BCUT2D eigenvalue weighted by molar-refractivity contribution is -0.385. The van der Waals surface area contributed by atoms with Crippen LogP contribution in [0.15, 0.2) is 53.9 Å². The molecule has 0 spiro atoms. The molecule has 3 rings (SSSR count). The van der Waals surface area contributed by atoms with E-state index in [4.69, 9.17) is 4.74 Å². The zero-order chi connectivity index (χ0) is 21.0. The highest BCUT2D eigenvalue weighted by Crippen LogP contribution is 2.29. The summed E-state index contributed by atoms with van der Waals surface area (Å²) in [6, 6.07) is 12.6. The average molecular weight is 411 g/mol. The number of amides is 2. The Morgan fingerprint density at radius 1 is 1.07 bits per heavy atom. The molecule has 0 aliphatic carbocycles. The minimum absolute atomic E-state index is 0.123. The summed E-state index contributed by atoms with van der Waals surface area (Å²) in [5.41, 5.74) is 1.24. The van der Waals surface area contributed by atoms with E-state index in [0.29, 0.717) is 22.0 Å². The molecule has 0 saturated heterocycles. The van der Waals surface area contributed by atoms with E-state index in [1.165, 1.54) is 43.6 Å². The number of hydrogen-bond acceptors (Lipinski definition) is 6. The van der Waals surface area contributed by atoms with Crippen LogP contribution in [0, 0.1) is 17.0 Å². The highest BCUT2D eigenvalue weighted by molar-refractivity contribution is 7.12. The summed E-state index contributed by atoms with van der Waals surface area (Å²) in [7, 11) is 1.45. The van der Waals surface area contributed by atoms with Gasteiger partial charge in [0, 0.05) is 28.9 Å². The van der Waals surface area contributed by atoms with Crippen LogP contribution >= 0.6 is 11.3 Å². The molecule has 1 aromatic heterocycles. The Kier molecular flexibility index (Phi) is 5.89. The lowest BCUT2D eigenvalue weighted by atomic mass is 10.1. The molecular formula is C20H17N3O5S. The number of nitro benzene ring substituents is 1. The quantitative estimate of drug-likeness (QED) is 0.459. The Labute approximate surface area is 170 Å². The molecule has 2 N–H and O–H groups in total. The standard InChI is InChI=1S/C20H17N3O5S/c1-12-14(5-3-6-16(12)23(26)27)19(24)21-13-8-9-15(17(11-13)28-2)22-20(25)18-7-4-10-29-18/h3-11H,1-2H3,(H,21,24)(H,22,25). The molecule has 8 nitrogen and oxygen atoms in total. The van der Waals surface area contributed by atoms with Crippen LogP contribution < -0.4 is 15.4 Å². The molecule has 29 heavy (non-hydrogen) atoms. The summed E-state index contributed by atoms with van der Waals surface area (Å²) in [5.74, 6) is -0.380. The highest BCUT2D eigenvalue weighted by Gasteiger charge is 2.18. The van der Waals surface area contributed by atoms with Crippen molar-refractivity contribution in [3.63, 3.8) is 0 Å². The van der Waals surface area contributed by atoms with Gasteiger partial charge in [0.2, 0.25) is 0 Å². The number of methoxy groups -OCH3 is 1. The smallest absolute Gasteiger partial charge is 0.273 e. The Bertz CT molecular complexity index is 1080. The second kappa shape index (κ2) is 8.53. The summed E-state index contributed by atoms with van der Waals surface area (Å²) >= 11 is 1.32. The van der Waals surface area contributed by atoms with Gasteiger partial charge in [-0.1, -0.05) is 12.1 Å². The van der Waals surface area contributed by atoms with Crippen molar-refractivity contribution >= 4 is 40.2 Å². The van der Waals surface area contributed by atoms with E-state index >= 15 is 0 Å². The van der Waals surface area contributed by atoms with Crippen LogP contribution in [0.4, 0.5) is 17.1 Å². The normalized spacial score (nSPS) is 10.3. The third-order valence-corrected chi connectivity index (χ3v) is 5.07. The Balaban J connectivity index is 1.80. The fraction of sp³-hybridized carbons (Fsp3) is 0.100. The Morgan fingerprint density at radius 2 is 1.86 bits per heavy atom. The third-order valence-electron chi connectivity index (χ3n) is 4.20. The number of anilines is 2. The number of hydrogen-bond donors (Lipinski definition) is 2. The molecule has 0 atom stereocenters. The van der Waals surface area contributed by atoms with E-state index < -0.39 is 10.8 Å². The van der Waals surface area contributed by atoms with Gasteiger partial charge in [0.25, 0.3) is 17.5 Å². The van der Waals surface area contributed by atoms with Crippen LogP contribution in [0.1, 0.15) is 25.6 Å². The molecule has 0 unspecified atom stereocenters. The van der Waals surface area contributed by atoms with Gasteiger partial charge >= 0.3 is 0 Å². The molecule has 0 aliphatic rings. The van der Waals surface area contributed by atoms with Crippen LogP contribution in [-0.2, 0) is 0 Å². The number of nitrogens with zero attached hydrogens (tertiary/aromatic N) is 1. The average Bonchev–Trinajstić information content (AvgIpc) is 3.24. The lowest BCUT2D eigenvalue weighted by Crippen LogP contribution is -2.15. The predicted molar refractivity (Wildman–Crippen MR) is 111 cm³/mol. The molecule has 0 aliphatic heterocycles. The second-order valence-electron chi connectivity index (χ2n) is 6.01. The summed E-state index contributed by atoms with van der Waals surface area (Å²) < 4.78 is 5.31.